The average Bonchev–Trinajstić information content (AvgIpc) is 2.46. The fraction of sp³-hybridized carbons (Fsp3) is 0.533. The number of rotatable bonds is 7. The monoisotopic (exact) mass is 263 g/mol. The SMILES string of the molecule is CCc1ccc(CN(CC)CC(C)C(N)=NO)cc1. The molecular formula is C15H25N3O. The summed E-state index contributed by atoms with van der Waals surface area (Å²) in [5.74, 6) is 0.347. The van der Waals surface area contributed by atoms with Crippen molar-refractivity contribution in [3.05, 3.63) is 35.4 Å². The minimum Gasteiger partial charge on any atom is -0.409 e. The Labute approximate surface area is 115 Å². The molecule has 0 saturated heterocycles. The lowest BCUT2D eigenvalue weighted by Gasteiger charge is -2.23. The second kappa shape index (κ2) is 7.79. The standard InChI is InChI=1S/C15H25N3O/c1-4-13-6-8-14(9-7-13)11-18(5-2)10-12(3)15(16)17-19/h6-9,12,19H,4-5,10-11H2,1-3H3,(H2,16,17). The molecule has 0 amide bonds. The van der Waals surface area contributed by atoms with E-state index >= 15 is 0 Å². The smallest absolute Gasteiger partial charge is 0.143 e. The first-order valence-electron chi connectivity index (χ1n) is 6.88. The van der Waals surface area contributed by atoms with Gasteiger partial charge in [-0.2, -0.15) is 0 Å². The molecular weight excluding hydrogens is 238 g/mol. The Balaban J connectivity index is 2.60. The van der Waals surface area contributed by atoms with Crippen LogP contribution in [0, 0.1) is 5.92 Å². The van der Waals surface area contributed by atoms with Crippen LogP contribution in [0.15, 0.2) is 29.4 Å². The summed E-state index contributed by atoms with van der Waals surface area (Å²) in [6.07, 6.45) is 1.07. The number of aryl methyl sites for hydroxylation is 1. The molecule has 0 radical (unpaired) electrons. The molecule has 0 saturated carbocycles. The van der Waals surface area contributed by atoms with Crippen LogP contribution in [-0.4, -0.2) is 29.0 Å². The van der Waals surface area contributed by atoms with Gasteiger partial charge in [-0.15, -0.1) is 0 Å². The maximum absolute atomic E-state index is 8.68. The van der Waals surface area contributed by atoms with Gasteiger partial charge in [0.15, 0.2) is 0 Å². The minimum atomic E-state index is 0.0554. The van der Waals surface area contributed by atoms with Crippen molar-refractivity contribution in [2.24, 2.45) is 16.8 Å². The van der Waals surface area contributed by atoms with Gasteiger partial charge < -0.3 is 10.9 Å². The molecule has 1 aromatic carbocycles. The maximum Gasteiger partial charge on any atom is 0.143 e. The van der Waals surface area contributed by atoms with Gasteiger partial charge in [-0.05, 0) is 24.1 Å². The van der Waals surface area contributed by atoms with Gasteiger partial charge in [0.1, 0.15) is 5.84 Å². The zero-order valence-corrected chi connectivity index (χ0v) is 12.1. The highest BCUT2D eigenvalue weighted by Gasteiger charge is 2.12. The van der Waals surface area contributed by atoms with Gasteiger partial charge in [0.2, 0.25) is 0 Å². The number of oxime groups is 1. The van der Waals surface area contributed by atoms with E-state index in [0.717, 1.165) is 26.1 Å². The lowest BCUT2D eigenvalue weighted by atomic mass is 10.1. The van der Waals surface area contributed by atoms with Crippen molar-refractivity contribution in [2.75, 3.05) is 13.1 Å². The minimum absolute atomic E-state index is 0.0554. The van der Waals surface area contributed by atoms with Gasteiger partial charge in [-0.25, -0.2) is 0 Å². The molecule has 0 aliphatic heterocycles. The van der Waals surface area contributed by atoms with E-state index in [2.05, 4.69) is 48.2 Å². The van der Waals surface area contributed by atoms with Crippen LogP contribution in [0.1, 0.15) is 31.9 Å². The van der Waals surface area contributed by atoms with Crippen molar-refractivity contribution in [1.82, 2.24) is 4.90 Å². The second-order valence-electron chi connectivity index (χ2n) is 4.92. The van der Waals surface area contributed by atoms with Crippen molar-refractivity contribution in [3.8, 4) is 0 Å². The summed E-state index contributed by atoms with van der Waals surface area (Å²) in [5, 5.41) is 11.8. The number of nitrogens with zero attached hydrogens (tertiary/aromatic N) is 2. The van der Waals surface area contributed by atoms with Gasteiger partial charge in [-0.3, -0.25) is 4.90 Å². The van der Waals surface area contributed by atoms with Crippen molar-refractivity contribution in [2.45, 2.75) is 33.7 Å². The molecule has 1 atom stereocenters. The molecule has 0 aliphatic carbocycles. The molecule has 0 bridgehead atoms. The van der Waals surface area contributed by atoms with Crippen LogP contribution in [0.5, 0.6) is 0 Å². The lowest BCUT2D eigenvalue weighted by Crippen LogP contribution is -2.34. The highest BCUT2D eigenvalue weighted by atomic mass is 16.4. The van der Waals surface area contributed by atoms with E-state index in [4.69, 9.17) is 10.9 Å². The van der Waals surface area contributed by atoms with Crippen molar-refractivity contribution in [3.63, 3.8) is 0 Å². The number of nitrogens with two attached hydrogens (primary N) is 1. The second-order valence-corrected chi connectivity index (χ2v) is 4.92. The quantitative estimate of drug-likeness (QED) is 0.344. The number of hydrogen-bond acceptors (Lipinski definition) is 3. The summed E-state index contributed by atoms with van der Waals surface area (Å²) in [4.78, 5) is 2.30. The molecule has 0 aliphatic rings. The molecule has 0 aromatic heterocycles. The van der Waals surface area contributed by atoms with Crippen LogP contribution < -0.4 is 5.73 Å². The van der Waals surface area contributed by atoms with Gasteiger partial charge in [0.05, 0.1) is 0 Å². The highest BCUT2D eigenvalue weighted by molar-refractivity contribution is 5.82. The van der Waals surface area contributed by atoms with Gasteiger partial charge in [0.25, 0.3) is 0 Å². The molecule has 0 spiro atoms. The molecule has 19 heavy (non-hydrogen) atoms. The van der Waals surface area contributed by atoms with E-state index in [0.29, 0.717) is 5.84 Å². The summed E-state index contributed by atoms with van der Waals surface area (Å²) in [6.45, 7) is 8.88. The summed E-state index contributed by atoms with van der Waals surface area (Å²) in [5.41, 5.74) is 8.28. The van der Waals surface area contributed by atoms with Gasteiger partial charge >= 0.3 is 0 Å². The van der Waals surface area contributed by atoms with Crippen molar-refractivity contribution in [1.29, 1.82) is 0 Å². The third-order valence-corrected chi connectivity index (χ3v) is 3.44. The molecule has 4 nitrogen and oxygen atoms in total. The maximum atomic E-state index is 8.68. The normalized spacial score (nSPS) is 13.8. The topological polar surface area (TPSA) is 61.8 Å². The van der Waals surface area contributed by atoms with E-state index in [1.807, 2.05) is 6.92 Å². The van der Waals surface area contributed by atoms with E-state index in [9.17, 15) is 0 Å². The van der Waals surface area contributed by atoms with Gasteiger partial charge in [0, 0.05) is 19.0 Å². The zero-order chi connectivity index (χ0) is 14.3. The molecule has 1 aromatic rings. The number of benzene rings is 1. The van der Waals surface area contributed by atoms with Crippen molar-refractivity contribution >= 4 is 5.84 Å². The number of amidine groups is 1. The molecule has 0 fully saturated rings. The van der Waals surface area contributed by atoms with Crippen LogP contribution in [0.4, 0.5) is 0 Å². The van der Waals surface area contributed by atoms with Crippen molar-refractivity contribution < 1.29 is 5.21 Å². The molecule has 1 rings (SSSR count). The highest BCUT2D eigenvalue weighted by Crippen LogP contribution is 2.10. The molecule has 3 N–H and O–H groups in total. The summed E-state index contributed by atoms with van der Waals surface area (Å²) < 4.78 is 0. The molecule has 1 unspecified atom stereocenters. The van der Waals surface area contributed by atoms with Crippen LogP contribution in [-0.2, 0) is 13.0 Å². The number of hydrogen-bond donors (Lipinski definition) is 2. The van der Waals surface area contributed by atoms with Crippen LogP contribution in [0.3, 0.4) is 0 Å². The predicted molar refractivity (Wildman–Crippen MR) is 79.3 cm³/mol. The Hall–Kier alpha value is -1.55. The van der Waals surface area contributed by atoms with E-state index in [1.54, 1.807) is 0 Å². The Kier molecular flexibility index (Phi) is 6.36. The largest absolute Gasteiger partial charge is 0.409 e. The molecule has 4 heteroatoms. The summed E-state index contributed by atoms with van der Waals surface area (Å²) in [7, 11) is 0. The Bertz CT molecular complexity index is 400. The Morgan fingerprint density at radius 1 is 1.26 bits per heavy atom. The van der Waals surface area contributed by atoms with Crippen LogP contribution in [0.2, 0.25) is 0 Å². The predicted octanol–water partition coefficient (Wildman–Crippen LogP) is 2.45. The lowest BCUT2D eigenvalue weighted by molar-refractivity contribution is 0.257. The van der Waals surface area contributed by atoms with E-state index < -0.39 is 0 Å². The average molecular weight is 263 g/mol. The van der Waals surface area contributed by atoms with E-state index in [-0.39, 0.29) is 5.92 Å². The Morgan fingerprint density at radius 2 is 1.84 bits per heavy atom. The summed E-state index contributed by atoms with van der Waals surface area (Å²) in [6, 6.07) is 8.71. The fourth-order valence-corrected chi connectivity index (χ4v) is 2.02. The zero-order valence-electron chi connectivity index (χ0n) is 12.1. The van der Waals surface area contributed by atoms with Crippen LogP contribution in [0.25, 0.3) is 0 Å². The molecule has 106 valence electrons. The third kappa shape index (κ3) is 4.91. The first kappa shape index (κ1) is 15.5. The first-order valence-corrected chi connectivity index (χ1v) is 6.88. The summed E-state index contributed by atoms with van der Waals surface area (Å²) >= 11 is 0. The third-order valence-electron chi connectivity index (χ3n) is 3.44. The Morgan fingerprint density at radius 3 is 2.32 bits per heavy atom. The van der Waals surface area contributed by atoms with Crippen LogP contribution >= 0.6 is 0 Å². The van der Waals surface area contributed by atoms with Gasteiger partial charge in [-0.1, -0.05) is 50.2 Å². The van der Waals surface area contributed by atoms with E-state index in [1.165, 1.54) is 11.1 Å². The first-order chi connectivity index (χ1) is 9.10. The molecule has 0 heterocycles. The fourth-order valence-electron chi connectivity index (χ4n) is 2.02.